The summed E-state index contributed by atoms with van der Waals surface area (Å²) >= 11 is 0. The minimum Gasteiger partial charge on any atom is -0.478 e. The van der Waals surface area contributed by atoms with Crippen LogP contribution in [0.15, 0.2) is 42.5 Å². The van der Waals surface area contributed by atoms with Gasteiger partial charge in [0.1, 0.15) is 0 Å². The summed E-state index contributed by atoms with van der Waals surface area (Å²) in [4.78, 5) is 19.3. The van der Waals surface area contributed by atoms with Crippen LogP contribution in [0.5, 0.6) is 0 Å². The highest BCUT2D eigenvalue weighted by atomic mass is 16.4. The summed E-state index contributed by atoms with van der Waals surface area (Å²) in [7, 11) is 0. The lowest BCUT2D eigenvalue weighted by molar-refractivity contribution is 0.0697. The van der Waals surface area contributed by atoms with E-state index < -0.39 is 5.97 Å². The molecule has 6 heteroatoms. The third-order valence-electron chi connectivity index (χ3n) is 7.11. The molecule has 156 valence electrons. The Morgan fingerprint density at radius 1 is 1.06 bits per heavy atom. The molecule has 2 fully saturated rings. The molecule has 7 rings (SSSR count). The molecular formula is C25H24N4O2. The van der Waals surface area contributed by atoms with Gasteiger partial charge in [-0.15, -0.1) is 0 Å². The Morgan fingerprint density at radius 2 is 1.90 bits per heavy atom. The normalized spacial score (nSPS) is 18.3. The smallest absolute Gasteiger partial charge is 0.335 e. The molecule has 1 N–H and O–H groups in total. The number of anilines is 1. The number of aromatic carboxylic acids is 1. The first kappa shape index (κ1) is 17.4. The highest BCUT2D eigenvalue weighted by Crippen LogP contribution is 2.42. The minimum absolute atomic E-state index is 0.324. The van der Waals surface area contributed by atoms with E-state index in [-0.39, 0.29) is 0 Å². The molecule has 2 aromatic heterocycles. The summed E-state index contributed by atoms with van der Waals surface area (Å²) in [5.41, 5.74) is 5.63. The van der Waals surface area contributed by atoms with E-state index in [1.807, 2.05) is 6.07 Å². The highest BCUT2D eigenvalue weighted by molar-refractivity contribution is 6.00. The predicted octanol–water partition coefficient (Wildman–Crippen LogP) is 4.75. The van der Waals surface area contributed by atoms with Crippen LogP contribution in [0.4, 0.5) is 5.69 Å². The number of fused-ring (bicyclic) bond motifs is 1. The number of aromatic nitrogens is 3. The van der Waals surface area contributed by atoms with E-state index in [1.54, 1.807) is 6.07 Å². The number of carboxylic acids is 1. The monoisotopic (exact) mass is 412 g/mol. The number of hydrogen-bond acceptors (Lipinski definition) is 3. The molecule has 0 atom stereocenters. The lowest BCUT2D eigenvalue weighted by atomic mass is 10.1. The van der Waals surface area contributed by atoms with Gasteiger partial charge in [0, 0.05) is 36.6 Å². The van der Waals surface area contributed by atoms with Gasteiger partial charge in [-0.3, -0.25) is 0 Å². The molecule has 2 saturated carbocycles. The molecule has 0 saturated heterocycles. The zero-order valence-corrected chi connectivity index (χ0v) is 17.3. The first-order chi connectivity index (χ1) is 15.2. The third-order valence-corrected chi connectivity index (χ3v) is 7.11. The zero-order valence-electron chi connectivity index (χ0n) is 17.3. The molecule has 0 spiro atoms. The van der Waals surface area contributed by atoms with Gasteiger partial charge in [-0.05, 0) is 55.9 Å². The second-order valence-corrected chi connectivity index (χ2v) is 9.32. The third kappa shape index (κ3) is 2.63. The molecule has 2 aliphatic carbocycles. The van der Waals surface area contributed by atoms with Crippen LogP contribution in [0.25, 0.3) is 33.5 Å². The fourth-order valence-corrected chi connectivity index (χ4v) is 5.25. The fraction of sp³-hybridized carbons (Fsp3) is 0.360. The Bertz CT molecular complexity index is 1370. The van der Waals surface area contributed by atoms with Crippen LogP contribution in [0, 0.1) is 5.92 Å². The van der Waals surface area contributed by atoms with Gasteiger partial charge in [-0.25, -0.2) is 9.78 Å². The highest BCUT2D eigenvalue weighted by Gasteiger charge is 2.35. The van der Waals surface area contributed by atoms with Gasteiger partial charge in [0.25, 0.3) is 0 Å². The van der Waals surface area contributed by atoms with Gasteiger partial charge in [0.05, 0.1) is 28.0 Å². The number of benzene rings is 2. The van der Waals surface area contributed by atoms with E-state index in [0.717, 1.165) is 53.8 Å². The minimum atomic E-state index is -0.890. The predicted molar refractivity (Wildman–Crippen MR) is 121 cm³/mol. The number of para-hydroxylation sites is 1. The van der Waals surface area contributed by atoms with Crippen molar-refractivity contribution in [2.45, 2.75) is 44.8 Å². The maximum atomic E-state index is 11.8. The second kappa shape index (κ2) is 6.13. The largest absolute Gasteiger partial charge is 0.478 e. The van der Waals surface area contributed by atoms with Crippen LogP contribution in [0.2, 0.25) is 0 Å². The van der Waals surface area contributed by atoms with Crippen LogP contribution in [0.3, 0.4) is 0 Å². The average molecular weight is 412 g/mol. The number of carboxylic acid groups (broad SMARTS) is 1. The van der Waals surface area contributed by atoms with E-state index in [2.05, 4.69) is 44.4 Å². The molecule has 0 amide bonds. The van der Waals surface area contributed by atoms with Gasteiger partial charge in [0.15, 0.2) is 5.82 Å². The van der Waals surface area contributed by atoms with E-state index in [9.17, 15) is 9.90 Å². The van der Waals surface area contributed by atoms with Crippen molar-refractivity contribution in [3.63, 3.8) is 0 Å². The van der Waals surface area contributed by atoms with Crippen LogP contribution in [-0.4, -0.2) is 37.8 Å². The SMILES string of the molecule is O=C(O)c1cc2c3c(c1)nc(-c1cc4ccccc4n1CC1CC1)n3CCN2C1CC1. The van der Waals surface area contributed by atoms with Crippen LogP contribution >= 0.6 is 0 Å². The molecule has 0 radical (unpaired) electrons. The average Bonchev–Trinajstić information content (AvgIpc) is 3.70. The van der Waals surface area contributed by atoms with Crippen molar-refractivity contribution in [1.29, 1.82) is 0 Å². The molecule has 0 unspecified atom stereocenters. The van der Waals surface area contributed by atoms with Crippen molar-refractivity contribution in [1.82, 2.24) is 14.1 Å². The van der Waals surface area contributed by atoms with Crippen LogP contribution in [-0.2, 0) is 13.1 Å². The maximum absolute atomic E-state index is 11.8. The van der Waals surface area contributed by atoms with Crippen molar-refractivity contribution in [3.8, 4) is 11.5 Å². The fourth-order valence-electron chi connectivity index (χ4n) is 5.25. The standard InChI is InChI=1S/C25H24N4O2/c30-25(31)17-11-19-23-21(13-17)27(18-7-8-18)9-10-28(23)24(26-19)22-12-16-3-1-2-4-20(16)29(22)14-15-5-6-15/h1-4,11-13,15,18H,5-10,14H2,(H,30,31). The van der Waals surface area contributed by atoms with Crippen molar-refractivity contribution in [3.05, 3.63) is 48.0 Å². The van der Waals surface area contributed by atoms with E-state index in [1.165, 1.54) is 36.6 Å². The maximum Gasteiger partial charge on any atom is 0.335 e. The molecule has 0 bridgehead atoms. The Balaban J connectivity index is 1.49. The van der Waals surface area contributed by atoms with Gasteiger partial charge >= 0.3 is 5.97 Å². The van der Waals surface area contributed by atoms with Gasteiger partial charge in [0.2, 0.25) is 0 Å². The van der Waals surface area contributed by atoms with E-state index in [0.29, 0.717) is 11.6 Å². The van der Waals surface area contributed by atoms with Gasteiger partial charge in [-0.1, -0.05) is 18.2 Å². The number of carbonyl (C=O) groups is 1. The molecule has 31 heavy (non-hydrogen) atoms. The topological polar surface area (TPSA) is 63.3 Å². The van der Waals surface area contributed by atoms with E-state index in [4.69, 9.17) is 4.98 Å². The number of imidazole rings is 1. The molecular weight excluding hydrogens is 388 g/mol. The Kier molecular flexibility index (Phi) is 3.44. The summed E-state index contributed by atoms with van der Waals surface area (Å²) < 4.78 is 4.76. The first-order valence-electron chi connectivity index (χ1n) is 11.3. The zero-order chi connectivity index (χ0) is 20.7. The van der Waals surface area contributed by atoms with Crippen LogP contribution < -0.4 is 4.90 Å². The van der Waals surface area contributed by atoms with Crippen molar-refractivity contribution >= 4 is 33.6 Å². The molecule has 3 heterocycles. The summed E-state index contributed by atoms with van der Waals surface area (Å²) in [6, 6.07) is 15.0. The Labute approximate surface area is 179 Å². The summed E-state index contributed by atoms with van der Waals surface area (Å²) in [6.07, 6.45) is 4.97. The molecule has 3 aliphatic rings. The molecule has 6 nitrogen and oxygen atoms in total. The van der Waals surface area contributed by atoms with Crippen molar-refractivity contribution in [2.24, 2.45) is 5.92 Å². The van der Waals surface area contributed by atoms with Crippen LogP contribution in [0.1, 0.15) is 36.0 Å². The van der Waals surface area contributed by atoms with Crippen molar-refractivity contribution < 1.29 is 9.90 Å². The quantitative estimate of drug-likeness (QED) is 0.514. The molecule has 1 aliphatic heterocycles. The summed E-state index contributed by atoms with van der Waals surface area (Å²) in [5.74, 6) is 0.823. The lowest BCUT2D eigenvalue weighted by Crippen LogP contribution is -2.33. The first-order valence-corrected chi connectivity index (χ1v) is 11.3. The van der Waals surface area contributed by atoms with Crippen molar-refractivity contribution in [2.75, 3.05) is 11.4 Å². The second-order valence-electron chi connectivity index (χ2n) is 9.32. The Morgan fingerprint density at radius 3 is 2.68 bits per heavy atom. The van der Waals surface area contributed by atoms with E-state index >= 15 is 0 Å². The Hall–Kier alpha value is -3.28. The molecule has 2 aromatic carbocycles. The lowest BCUT2D eigenvalue weighted by Gasteiger charge is -2.31. The summed E-state index contributed by atoms with van der Waals surface area (Å²) in [5, 5.41) is 10.9. The summed E-state index contributed by atoms with van der Waals surface area (Å²) in [6.45, 7) is 2.81. The number of nitrogens with zero attached hydrogens (tertiary/aromatic N) is 4. The number of hydrogen-bond donors (Lipinski definition) is 1. The number of rotatable bonds is 5. The van der Waals surface area contributed by atoms with Gasteiger partial charge < -0.3 is 19.1 Å². The molecule has 4 aromatic rings. The van der Waals surface area contributed by atoms with Gasteiger partial charge in [-0.2, -0.15) is 0 Å².